The first-order valence-corrected chi connectivity index (χ1v) is 6.29. The van der Waals surface area contributed by atoms with Gasteiger partial charge in [-0.2, -0.15) is 0 Å². The first-order valence-electron chi connectivity index (χ1n) is 6.29. The van der Waals surface area contributed by atoms with Gasteiger partial charge in [0.05, 0.1) is 5.56 Å². The molecule has 0 saturated heterocycles. The van der Waals surface area contributed by atoms with Gasteiger partial charge in [0.15, 0.2) is 0 Å². The number of carboxylic acids is 1. The predicted molar refractivity (Wildman–Crippen MR) is 75.6 cm³/mol. The van der Waals surface area contributed by atoms with Crippen LogP contribution in [0.5, 0.6) is 11.5 Å². The summed E-state index contributed by atoms with van der Waals surface area (Å²) in [5.41, 5.74) is 0.832. The second-order valence-corrected chi connectivity index (χ2v) is 4.55. The van der Waals surface area contributed by atoms with Crippen molar-refractivity contribution >= 4 is 16.9 Å². The zero-order chi connectivity index (χ0) is 14.8. The molecule has 0 radical (unpaired) electrons. The Morgan fingerprint density at radius 2 is 1.86 bits per heavy atom. The van der Waals surface area contributed by atoms with Gasteiger partial charge in [-0.25, -0.2) is 4.79 Å². The van der Waals surface area contributed by atoms with Crippen molar-refractivity contribution in [1.82, 2.24) is 0 Å². The summed E-state index contributed by atoms with van der Waals surface area (Å²) in [4.78, 5) is 10.9. The monoisotopic (exact) mass is 284 g/mol. The van der Waals surface area contributed by atoms with Gasteiger partial charge in [-0.3, -0.25) is 0 Å². The van der Waals surface area contributed by atoms with Crippen molar-refractivity contribution in [3.63, 3.8) is 0 Å². The quantitative estimate of drug-likeness (QED) is 0.767. The van der Waals surface area contributed by atoms with Crippen molar-refractivity contribution in [3.05, 3.63) is 59.9 Å². The molecule has 5 nitrogen and oxygen atoms in total. The molecule has 0 amide bonds. The van der Waals surface area contributed by atoms with E-state index in [9.17, 15) is 9.90 Å². The van der Waals surface area contributed by atoms with Crippen LogP contribution in [0.2, 0.25) is 0 Å². The minimum atomic E-state index is -0.972. The van der Waals surface area contributed by atoms with Crippen LogP contribution in [0.25, 0.3) is 11.0 Å². The standard InChI is InChI=1S/C16H12O5/c17-12-2-4-13(5-3-12)20-9-14-8-11-7-10(16(18)19)1-6-15(11)21-14/h1-8,17H,9H2,(H,18,19). The molecule has 0 bridgehead atoms. The molecule has 0 saturated carbocycles. The molecule has 5 heteroatoms. The van der Waals surface area contributed by atoms with Gasteiger partial charge in [0.25, 0.3) is 0 Å². The Bertz CT molecular complexity index is 786. The lowest BCUT2D eigenvalue weighted by molar-refractivity contribution is 0.0697. The van der Waals surface area contributed by atoms with Crippen molar-refractivity contribution < 1.29 is 24.2 Å². The van der Waals surface area contributed by atoms with Crippen molar-refractivity contribution in [3.8, 4) is 11.5 Å². The molecule has 0 aliphatic carbocycles. The maximum Gasteiger partial charge on any atom is 0.335 e. The van der Waals surface area contributed by atoms with Crippen LogP contribution >= 0.6 is 0 Å². The molecule has 0 aliphatic rings. The number of hydrogen-bond donors (Lipinski definition) is 2. The number of aromatic hydroxyl groups is 1. The number of furan rings is 1. The molecule has 106 valence electrons. The summed E-state index contributed by atoms with van der Waals surface area (Å²) in [6.07, 6.45) is 0. The molecule has 1 heterocycles. The summed E-state index contributed by atoms with van der Waals surface area (Å²) >= 11 is 0. The van der Waals surface area contributed by atoms with Gasteiger partial charge in [0.1, 0.15) is 29.4 Å². The third-order valence-corrected chi connectivity index (χ3v) is 3.03. The van der Waals surface area contributed by atoms with Gasteiger partial charge in [0, 0.05) is 5.39 Å². The molecule has 1 aromatic heterocycles. The number of ether oxygens (including phenoxy) is 1. The van der Waals surface area contributed by atoms with Gasteiger partial charge in [-0.1, -0.05) is 0 Å². The van der Waals surface area contributed by atoms with E-state index in [1.165, 1.54) is 18.2 Å². The van der Waals surface area contributed by atoms with Crippen LogP contribution in [0.15, 0.2) is 52.9 Å². The smallest absolute Gasteiger partial charge is 0.335 e. The Morgan fingerprint density at radius 1 is 1.10 bits per heavy atom. The zero-order valence-electron chi connectivity index (χ0n) is 10.9. The van der Waals surface area contributed by atoms with Crippen molar-refractivity contribution in [1.29, 1.82) is 0 Å². The lowest BCUT2D eigenvalue weighted by Crippen LogP contribution is -1.94. The van der Waals surface area contributed by atoms with E-state index in [0.29, 0.717) is 17.1 Å². The number of rotatable bonds is 4. The third kappa shape index (κ3) is 2.81. The summed E-state index contributed by atoms with van der Waals surface area (Å²) in [6.45, 7) is 0.224. The van der Waals surface area contributed by atoms with Crippen LogP contribution in [-0.2, 0) is 6.61 Å². The number of benzene rings is 2. The minimum Gasteiger partial charge on any atom is -0.508 e. The fourth-order valence-electron chi connectivity index (χ4n) is 2.00. The molecule has 0 spiro atoms. The number of phenols is 1. The fraction of sp³-hybridized carbons (Fsp3) is 0.0625. The molecule has 0 aliphatic heterocycles. The minimum absolute atomic E-state index is 0.173. The van der Waals surface area contributed by atoms with Gasteiger partial charge < -0.3 is 19.4 Å². The van der Waals surface area contributed by atoms with Gasteiger partial charge in [0.2, 0.25) is 0 Å². The molecule has 0 unspecified atom stereocenters. The summed E-state index contributed by atoms with van der Waals surface area (Å²) in [6, 6.07) is 12.8. The molecule has 2 aromatic carbocycles. The first kappa shape index (κ1) is 13.1. The summed E-state index contributed by atoms with van der Waals surface area (Å²) in [5, 5.41) is 18.9. The number of carboxylic acid groups (broad SMARTS) is 1. The fourth-order valence-corrected chi connectivity index (χ4v) is 2.00. The lowest BCUT2D eigenvalue weighted by Gasteiger charge is -2.03. The number of fused-ring (bicyclic) bond motifs is 1. The number of carbonyl (C=O) groups is 1. The average Bonchev–Trinajstić information content (AvgIpc) is 2.88. The second-order valence-electron chi connectivity index (χ2n) is 4.55. The highest BCUT2D eigenvalue weighted by molar-refractivity contribution is 5.93. The number of phenolic OH excluding ortho intramolecular Hbond substituents is 1. The molecule has 3 aromatic rings. The summed E-state index contributed by atoms with van der Waals surface area (Å²) in [7, 11) is 0. The zero-order valence-corrected chi connectivity index (χ0v) is 10.9. The Hall–Kier alpha value is -2.95. The molecular weight excluding hydrogens is 272 g/mol. The van der Waals surface area contributed by atoms with Gasteiger partial charge >= 0.3 is 5.97 Å². The van der Waals surface area contributed by atoms with Crippen molar-refractivity contribution in [2.24, 2.45) is 0 Å². The van der Waals surface area contributed by atoms with E-state index in [2.05, 4.69) is 0 Å². The average molecular weight is 284 g/mol. The highest BCUT2D eigenvalue weighted by atomic mass is 16.5. The topological polar surface area (TPSA) is 79.9 Å². The van der Waals surface area contributed by atoms with E-state index in [4.69, 9.17) is 14.3 Å². The van der Waals surface area contributed by atoms with Crippen LogP contribution in [0.1, 0.15) is 16.1 Å². The maximum atomic E-state index is 10.9. The van der Waals surface area contributed by atoms with E-state index in [0.717, 1.165) is 5.39 Å². The van der Waals surface area contributed by atoms with E-state index < -0.39 is 5.97 Å². The molecule has 21 heavy (non-hydrogen) atoms. The molecule has 0 atom stereocenters. The van der Waals surface area contributed by atoms with E-state index in [1.807, 2.05) is 0 Å². The van der Waals surface area contributed by atoms with Crippen LogP contribution in [0.4, 0.5) is 0 Å². The molecule has 0 fully saturated rings. The van der Waals surface area contributed by atoms with Crippen LogP contribution in [-0.4, -0.2) is 16.2 Å². The Balaban J connectivity index is 1.78. The van der Waals surface area contributed by atoms with Crippen LogP contribution in [0, 0.1) is 0 Å². The Morgan fingerprint density at radius 3 is 2.57 bits per heavy atom. The molecule has 2 N–H and O–H groups in total. The third-order valence-electron chi connectivity index (χ3n) is 3.03. The van der Waals surface area contributed by atoms with Crippen molar-refractivity contribution in [2.75, 3.05) is 0 Å². The number of hydrogen-bond acceptors (Lipinski definition) is 4. The maximum absolute atomic E-state index is 10.9. The summed E-state index contributed by atoms with van der Waals surface area (Å²) in [5.74, 6) is 0.410. The largest absolute Gasteiger partial charge is 0.508 e. The van der Waals surface area contributed by atoms with Crippen LogP contribution in [0.3, 0.4) is 0 Å². The second kappa shape index (κ2) is 5.20. The van der Waals surface area contributed by atoms with E-state index in [-0.39, 0.29) is 17.9 Å². The predicted octanol–water partition coefficient (Wildman–Crippen LogP) is 3.42. The number of aromatic carboxylic acids is 1. The van der Waals surface area contributed by atoms with Crippen LogP contribution < -0.4 is 4.74 Å². The lowest BCUT2D eigenvalue weighted by atomic mass is 10.1. The van der Waals surface area contributed by atoms with Gasteiger partial charge in [-0.15, -0.1) is 0 Å². The van der Waals surface area contributed by atoms with Crippen molar-refractivity contribution in [2.45, 2.75) is 6.61 Å². The Labute approximate surface area is 120 Å². The van der Waals surface area contributed by atoms with Gasteiger partial charge in [-0.05, 0) is 48.5 Å². The molecule has 3 rings (SSSR count). The highest BCUT2D eigenvalue weighted by Gasteiger charge is 2.08. The first-order chi connectivity index (χ1) is 10.1. The van der Waals surface area contributed by atoms with E-state index >= 15 is 0 Å². The SMILES string of the molecule is O=C(O)c1ccc2oc(COc3ccc(O)cc3)cc2c1. The highest BCUT2D eigenvalue weighted by Crippen LogP contribution is 2.23. The summed E-state index contributed by atoms with van der Waals surface area (Å²) < 4.78 is 11.1. The normalized spacial score (nSPS) is 10.7. The Kier molecular flexibility index (Phi) is 3.23. The molecular formula is C16H12O5. The van der Waals surface area contributed by atoms with E-state index in [1.54, 1.807) is 30.3 Å².